The first kappa shape index (κ1) is 13.9. The minimum atomic E-state index is 0.608. The van der Waals surface area contributed by atoms with Gasteiger partial charge in [-0.25, -0.2) is 0 Å². The van der Waals surface area contributed by atoms with E-state index in [0.717, 1.165) is 12.6 Å². The molecular weight excluding hydrogens is 198 g/mol. The van der Waals surface area contributed by atoms with E-state index in [1.165, 1.54) is 45.4 Å². The quantitative estimate of drug-likeness (QED) is 0.689. The van der Waals surface area contributed by atoms with E-state index in [9.17, 15) is 0 Å². The topological polar surface area (TPSA) is 27.3 Å². The molecule has 1 aliphatic heterocycles. The van der Waals surface area contributed by atoms with Gasteiger partial charge in [-0.3, -0.25) is 4.90 Å². The molecule has 96 valence electrons. The van der Waals surface area contributed by atoms with E-state index >= 15 is 0 Å². The van der Waals surface area contributed by atoms with Gasteiger partial charge in [-0.05, 0) is 38.9 Å². The van der Waals surface area contributed by atoms with Gasteiger partial charge in [0.05, 0.1) is 0 Å². The average molecular weight is 227 g/mol. The third kappa shape index (κ3) is 5.28. The fourth-order valence-electron chi connectivity index (χ4n) is 2.43. The summed E-state index contributed by atoms with van der Waals surface area (Å²) in [7, 11) is 0. The van der Waals surface area contributed by atoms with Crippen LogP contribution in [0, 0.1) is 0 Å². The van der Waals surface area contributed by atoms with E-state index in [0.29, 0.717) is 6.04 Å². The van der Waals surface area contributed by atoms with E-state index in [2.05, 4.69) is 36.3 Å². The molecule has 0 aliphatic carbocycles. The Morgan fingerprint density at radius 1 is 1.25 bits per heavy atom. The summed E-state index contributed by atoms with van der Waals surface area (Å²) in [5.74, 6) is 0. The first-order chi connectivity index (χ1) is 7.74. The molecule has 0 unspecified atom stereocenters. The molecule has 1 saturated heterocycles. The van der Waals surface area contributed by atoms with Crippen LogP contribution in [0.4, 0.5) is 0 Å². The van der Waals surface area contributed by atoms with Gasteiger partial charge in [-0.1, -0.05) is 20.8 Å². The van der Waals surface area contributed by atoms with Crippen molar-refractivity contribution in [1.29, 1.82) is 0 Å². The lowest BCUT2D eigenvalue weighted by Gasteiger charge is -2.34. The maximum Gasteiger partial charge on any atom is 0.0120 e. The first-order valence-corrected chi connectivity index (χ1v) is 6.92. The van der Waals surface area contributed by atoms with Crippen molar-refractivity contribution < 1.29 is 0 Å². The van der Waals surface area contributed by atoms with Gasteiger partial charge in [0.15, 0.2) is 0 Å². The molecule has 0 amide bonds. The highest BCUT2D eigenvalue weighted by atomic mass is 15.2. The molecule has 0 aromatic heterocycles. The molecule has 3 heteroatoms. The second kappa shape index (κ2) is 8.04. The van der Waals surface area contributed by atoms with Gasteiger partial charge in [0.25, 0.3) is 0 Å². The predicted octanol–water partition coefficient (Wildman–Crippen LogP) is 1.45. The molecule has 1 fully saturated rings. The van der Waals surface area contributed by atoms with Crippen molar-refractivity contribution in [2.75, 3.05) is 32.7 Å². The van der Waals surface area contributed by atoms with Crippen LogP contribution in [0.15, 0.2) is 0 Å². The van der Waals surface area contributed by atoms with Crippen LogP contribution in [0.3, 0.4) is 0 Å². The Morgan fingerprint density at radius 3 is 2.50 bits per heavy atom. The fourth-order valence-corrected chi connectivity index (χ4v) is 2.43. The lowest BCUT2D eigenvalue weighted by Crippen LogP contribution is -2.46. The second-order valence-corrected chi connectivity index (χ2v) is 5.13. The van der Waals surface area contributed by atoms with Crippen LogP contribution < -0.4 is 10.6 Å². The van der Waals surface area contributed by atoms with E-state index in [1.54, 1.807) is 0 Å². The zero-order valence-corrected chi connectivity index (χ0v) is 11.3. The van der Waals surface area contributed by atoms with Gasteiger partial charge in [-0.2, -0.15) is 0 Å². The van der Waals surface area contributed by atoms with Crippen LogP contribution >= 0.6 is 0 Å². The standard InChI is InChI=1S/C13H29N3/c1-4-10-16(11-9-15-12(2)3)13-5-7-14-8-6-13/h12-15H,4-11H2,1-3H3. The number of nitrogens with one attached hydrogen (secondary N) is 2. The molecule has 0 spiro atoms. The van der Waals surface area contributed by atoms with Crippen LogP contribution in [0.25, 0.3) is 0 Å². The second-order valence-electron chi connectivity index (χ2n) is 5.13. The number of piperidine rings is 1. The summed E-state index contributed by atoms with van der Waals surface area (Å²) in [6.07, 6.45) is 3.91. The first-order valence-electron chi connectivity index (χ1n) is 6.92. The summed E-state index contributed by atoms with van der Waals surface area (Å²) in [6, 6.07) is 1.42. The smallest absolute Gasteiger partial charge is 0.0120 e. The Morgan fingerprint density at radius 2 is 1.94 bits per heavy atom. The minimum absolute atomic E-state index is 0.608. The minimum Gasteiger partial charge on any atom is -0.317 e. The van der Waals surface area contributed by atoms with E-state index in [-0.39, 0.29) is 0 Å². The molecule has 0 bridgehead atoms. The molecule has 1 aliphatic rings. The normalized spacial score (nSPS) is 18.6. The molecule has 1 rings (SSSR count). The Hall–Kier alpha value is -0.120. The highest BCUT2D eigenvalue weighted by Gasteiger charge is 2.19. The number of hydrogen-bond donors (Lipinski definition) is 2. The Bertz CT molecular complexity index is 165. The van der Waals surface area contributed by atoms with Gasteiger partial charge in [0, 0.05) is 25.2 Å². The Labute approximate surface area is 101 Å². The molecule has 0 radical (unpaired) electrons. The average Bonchev–Trinajstić information content (AvgIpc) is 2.29. The van der Waals surface area contributed by atoms with Crippen LogP contribution in [-0.2, 0) is 0 Å². The summed E-state index contributed by atoms with van der Waals surface area (Å²) < 4.78 is 0. The highest BCUT2D eigenvalue weighted by Crippen LogP contribution is 2.11. The van der Waals surface area contributed by atoms with Crippen molar-refractivity contribution in [2.45, 2.75) is 52.1 Å². The van der Waals surface area contributed by atoms with Crippen LogP contribution in [0.5, 0.6) is 0 Å². The van der Waals surface area contributed by atoms with Crippen molar-refractivity contribution in [2.24, 2.45) is 0 Å². The largest absolute Gasteiger partial charge is 0.317 e. The van der Waals surface area contributed by atoms with Gasteiger partial charge in [0.2, 0.25) is 0 Å². The summed E-state index contributed by atoms with van der Waals surface area (Å²) in [5.41, 5.74) is 0. The molecule has 0 atom stereocenters. The Balaban J connectivity index is 2.27. The monoisotopic (exact) mass is 227 g/mol. The van der Waals surface area contributed by atoms with Gasteiger partial charge < -0.3 is 10.6 Å². The SMILES string of the molecule is CCCN(CCNC(C)C)C1CCNCC1. The zero-order valence-electron chi connectivity index (χ0n) is 11.3. The summed E-state index contributed by atoms with van der Waals surface area (Å²) >= 11 is 0. The molecule has 2 N–H and O–H groups in total. The molecule has 0 saturated carbocycles. The maximum atomic E-state index is 3.52. The molecule has 16 heavy (non-hydrogen) atoms. The third-order valence-corrected chi connectivity index (χ3v) is 3.29. The lowest BCUT2D eigenvalue weighted by atomic mass is 10.0. The summed E-state index contributed by atoms with van der Waals surface area (Å²) in [5, 5.41) is 6.96. The third-order valence-electron chi connectivity index (χ3n) is 3.29. The summed E-state index contributed by atoms with van der Waals surface area (Å²) in [4.78, 5) is 2.68. The van der Waals surface area contributed by atoms with Crippen molar-refractivity contribution in [3.63, 3.8) is 0 Å². The molecule has 1 heterocycles. The van der Waals surface area contributed by atoms with Gasteiger partial charge in [-0.15, -0.1) is 0 Å². The van der Waals surface area contributed by atoms with E-state index in [1.807, 2.05) is 0 Å². The van der Waals surface area contributed by atoms with Gasteiger partial charge in [0.1, 0.15) is 0 Å². The zero-order chi connectivity index (χ0) is 11.8. The Kier molecular flexibility index (Phi) is 7.01. The van der Waals surface area contributed by atoms with Crippen molar-refractivity contribution in [3.8, 4) is 0 Å². The molecule has 0 aromatic carbocycles. The highest BCUT2D eigenvalue weighted by molar-refractivity contribution is 4.78. The molecule has 3 nitrogen and oxygen atoms in total. The predicted molar refractivity (Wildman–Crippen MR) is 70.9 cm³/mol. The van der Waals surface area contributed by atoms with E-state index in [4.69, 9.17) is 0 Å². The number of hydrogen-bond acceptors (Lipinski definition) is 3. The van der Waals surface area contributed by atoms with Crippen LogP contribution in [0.1, 0.15) is 40.0 Å². The van der Waals surface area contributed by atoms with Crippen molar-refractivity contribution in [3.05, 3.63) is 0 Å². The van der Waals surface area contributed by atoms with Crippen molar-refractivity contribution in [1.82, 2.24) is 15.5 Å². The summed E-state index contributed by atoms with van der Waals surface area (Å²) in [6.45, 7) is 12.7. The number of nitrogens with zero attached hydrogens (tertiary/aromatic N) is 1. The lowest BCUT2D eigenvalue weighted by molar-refractivity contribution is 0.162. The molecular formula is C13H29N3. The van der Waals surface area contributed by atoms with Crippen molar-refractivity contribution >= 4 is 0 Å². The fraction of sp³-hybridized carbons (Fsp3) is 1.00. The van der Waals surface area contributed by atoms with E-state index < -0.39 is 0 Å². The number of rotatable bonds is 7. The molecule has 0 aromatic rings. The van der Waals surface area contributed by atoms with Crippen LogP contribution in [-0.4, -0.2) is 49.7 Å². The van der Waals surface area contributed by atoms with Gasteiger partial charge >= 0.3 is 0 Å². The maximum absolute atomic E-state index is 3.52. The van der Waals surface area contributed by atoms with Crippen LogP contribution in [0.2, 0.25) is 0 Å².